The lowest BCUT2D eigenvalue weighted by molar-refractivity contribution is -0.661. The Balaban J connectivity index is 1.46. The van der Waals surface area contributed by atoms with E-state index in [1.54, 1.807) is 18.2 Å². The number of hydrogen-bond donors (Lipinski definition) is 2. The molecular weight excluding hydrogens is 289 g/mol. The SMILES string of the molecule is O[C@@H](C[NH2+]CCOc1ccccc1F)COC[C@@H]1CCCO1. The van der Waals surface area contributed by atoms with Crippen LogP contribution in [0.5, 0.6) is 5.75 Å². The van der Waals surface area contributed by atoms with E-state index in [9.17, 15) is 9.50 Å². The van der Waals surface area contributed by atoms with Gasteiger partial charge in [-0.3, -0.25) is 0 Å². The van der Waals surface area contributed by atoms with E-state index in [1.165, 1.54) is 6.07 Å². The van der Waals surface area contributed by atoms with Gasteiger partial charge >= 0.3 is 0 Å². The van der Waals surface area contributed by atoms with Gasteiger partial charge in [0.15, 0.2) is 11.6 Å². The van der Waals surface area contributed by atoms with Crippen molar-refractivity contribution < 1.29 is 29.0 Å². The molecule has 22 heavy (non-hydrogen) atoms. The third-order valence-electron chi connectivity index (χ3n) is 3.49. The molecule has 1 aliphatic heterocycles. The van der Waals surface area contributed by atoms with Gasteiger partial charge in [0, 0.05) is 6.61 Å². The minimum Gasteiger partial charge on any atom is -0.485 e. The van der Waals surface area contributed by atoms with Gasteiger partial charge in [-0.2, -0.15) is 0 Å². The molecule has 0 aromatic heterocycles. The van der Waals surface area contributed by atoms with E-state index in [0.717, 1.165) is 19.4 Å². The maximum absolute atomic E-state index is 13.3. The first-order valence-electron chi connectivity index (χ1n) is 7.82. The van der Waals surface area contributed by atoms with Crippen LogP contribution in [-0.2, 0) is 9.47 Å². The summed E-state index contributed by atoms with van der Waals surface area (Å²) >= 11 is 0. The van der Waals surface area contributed by atoms with Gasteiger partial charge in [-0.1, -0.05) is 12.1 Å². The molecule has 2 rings (SSSR count). The first-order valence-corrected chi connectivity index (χ1v) is 7.82. The van der Waals surface area contributed by atoms with Crippen molar-refractivity contribution in [3.05, 3.63) is 30.1 Å². The molecule has 3 N–H and O–H groups in total. The maximum Gasteiger partial charge on any atom is 0.165 e. The van der Waals surface area contributed by atoms with Gasteiger partial charge in [0.2, 0.25) is 0 Å². The van der Waals surface area contributed by atoms with Gasteiger partial charge in [0.1, 0.15) is 25.8 Å². The summed E-state index contributed by atoms with van der Waals surface area (Å²) in [6.45, 7) is 3.25. The van der Waals surface area contributed by atoms with Crippen LogP contribution in [0.1, 0.15) is 12.8 Å². The summed E-state index contributed by atoms with van der Waals surface area (Å²) < 4.78 is 29.5. The number of para-hydroxylation sites is 1. The molecule has 0 amide bonds. The molecule has 6 heteroatoms. The predicted octanol–water partition coefficient (Wildman–Crippen LogP) is 0.324. The van der Waals surface area contributed by atoms with Crippen LogP contribution in [0, 0.1) is 5.82 Å². The summed E-state index contributed by atoms with van der Waals surface area (Å²) in [5.74, 6) is -0.0959. The molecule has 0 radical (unpaired) electrons. The van der Waals surface area contributed by atoms with E-state index >= 15 is 0 Å². The molecule has 0 aliphatic carbocycles. The van der Waals surface area contributed by atoms with E-state index in [1.807, 2.05) is 5.32 Å². The highest BCUT2D eigenvalue weighted by Crippen LogP contribution is 2.14. The summed E-state index contributed by atoms with van der Waals surface area (Å²) in [6.07, 6.45) is 1.79. The number of ether oxygens (including phenoxy) is 3. The molecule has 1 aliphatic rings. The van der Waals surface area contributed by atoms with Crippen LogP contribution in [0.4, 0.5) is 4.39 Å². The van der Waals surface area contributed by atoms with Crippen molar-refractivity contribution in [3.63, 3.8) is 0 Å². The quantitative estimate of drug-likeness (QED) is 0.611. The summed E-state index contributed by atoms with van der Waals surface area (Å²) in [5.41, 5.74) is 0. The Kier molecular flexibility index (Phi) is 7.59. The Morgan fingerprint density at radius 1 is 1.41 bits per heavy atom. The summed E-state index contributed by atoms with van der Waals surface area (Å²) in [7, 11) is 0. The zero-order valence-corrected chi connectivity index (χ0v) is 12.7. The average Bonchev–Trinajstić information content (AvgIpc) is 3.02. The first-order chi connectivity index (χ1) is 10.8. The number of benzene rings is 1. The fourth-order valence-corrected chi connectivity index (χ4v) is 2.30. The molecular formula is C16H25FNO4+. The highest BCUT2D eigenvalue weighted by Gasteiger charge is 2.16. The lowest BCUT2D eigenvalue weighted by Gasteiger charge is -2.13. The molecule has 2 atom stereocenters. The van der Waals surface area contributed by atoms with Crippen molar-refractivity contribution in [1.29, 1.82) is 0 Å². The van der Waals surface area contributed by atoms with Crippen molar-refractivity contribution in [2.75, 3.05) is 39.5 Å². The van der Waals surface area contributed by atoms with Gasteiger partial charge in [0.25, 0.3) is 0 Å². The number of quaternary nitrogens is 1. The van der Waals surface area contributed by atoms with Gasteiger partial charge in [-0.25, -0.2) is 4.39 Å². The fourth-order valence-electron chi connectivity index (χ4n) is 2.30. The molecule has 124 valence electrons. The van der Waals surface area contributed by atoms with Gasteiger partial charge in [-0.05, 0) is 25.0 Å². The van der Waals surface area contributed by atoms with Crippen LogP contribution in [-0.4, -0.2) is 56.8 Å². The molecule has 1 saturated heterocycles. The highest BCUT2D eigenvalue weighted by atomic mass is 19.1. The molecule has 0 unspecified atom stereocenters. The molecule has 0 saturated carbocycles. The summed E-state index contributed by atoms with van der Waals surface area (Å²) in [4.78, 5) is 0. The topological polar surface area (TPSA) is 64.5 Å². The zero-order valence-electron chi connectivity index (χ0n) is 12.7. The highest BCUT2D eigenvalue weighted by molar-refractivity contribution is 5.23. The van der Waals surface area contributed by atoms with Crippen molar-refractivity contribution in [3.8, 4) is 5.75 Å². The lowest BCUT2D eigenvalue weighted by Crippen LogP contribution is -2.87. The van der Waals surface area contributed by atoms with Crippen LogP contribution in [0.3, 0.4) is 0 Å². The molecule has 1 fully saturated rings. The first kappa shape index (κ1) is 17.1. The van der Waals surface area contributed by atoms with Crippen molar-refractivity contribution in [2.24, 2.45) is 0 Å². The second-order valence-electron chi connectivity index (χ2n) is 5.42. The molecule has 5 nitrogen and oxygen atoms in total. The molecule has 0 bridgehead atoms. The number of aliphatic hydroxyl groups is 1. The van der Waals surface area contributed by atoms with Crippen LogP contribution in [0.2, 0.25) is 0 Å². The summed E-state index contributed by atoms with van der Waals surface area (Å²) in [5, 5.41) is 11.7. The second kappa shape index (κ2) is 9.74. The van der Waals surface area contributed by atoms with Crippen molar-refractivity contribution in [2.45, 2.75) is 25.0 Å². The third kappa shape index (κ3) is 6.27. The van der Waals surface area contributed by atoms with Gasteiger partial charge < -0.3 is 24.6 Å². The number of halogens is 1. The minimum absolute atomic E-state index is 0.186. The molecule has 1 aromatic rings. The van der Waals surface area contributed by atoms with Crippen LogP contribution in [0.15, 0.2) is 24.3 Å². The fraction of sp³-hybridized carbons (Fsp3) is 0.625. The van der Waals surface area contributed by atoms with Gasteiger partial charge in [-0.15, -0.1) is 0 Å². The van der Waals surface area contributed by atoms with E-state index in [4.69, 9.17) is 14.2 Å². The monoisotopic (exact) mass is 314 g/mol. The van der Waals surface area contributed by atoms with Gasteiger partial charge in [0.05, 0.1) is 19.3 Å². The van der Waals surface area contributed by atoms with E-state index in [-0.39, 0.29) is 17.7 Å². The second-order valence-corrected chi connectivity index (χ2v) is 5.42. The normalized spacial score (nSPS) is 19.3. The Morgan fingerprint density at radius 2 is 2.27 bits per heavy atom. The predicted molar refractivity (Wildman–Crippen MR) is 79.4 cm³/mol. The lowest BCUT2D eigenvalue weighted by atomic mass is 10.2. The smallest absolute Gasteiger partial charge is 0.165 e. The standard InChI is InChI=1S/C16H24FNO4/c17-15-5-1-2-6-16(15)22-9-7-18-10-13(19)11-20-12-14-4-3-8-21-14/h1-2,5-6,13-14,18-19H,3-4,7-12H2/p+1/t13-,14-/m0/s1. The third-order valence-corrected chi connectivity index (χ3v) is 3.49. The number of hydrogen-bond acceptors (Lipinski definition) is 4. The minimum atomic E-state index is -0.519. The van der Waals surface area contributed by atoms with Crippen LogP contribution in [0.25, 0.3) is 0 Å². The Bertz CT molecular complexity index is 426. The van der Waals surface area contributed by atoms with E-state index in [2.05, 4.69) is 0 Å². The Labute approximate surface area is 130 Å². The van der Waals surface area contributed by atoms with E-state index < -0.39 is 6.10 Å². The number of rotatable bonds is 10. The van der Waals surface area contributed by atoms with Crippen LogP contribution < -0.4 is 10.1 Å². The molecule has 1 heterocycles. The van der Waals surface area contributed by atoms with Crippen molar-refractivity contribution in [1.82, 2.24) is 0 Å². The van der Waals surface area contributed by atoms with Crippen molar-refractivity contribution >= 4 is 0 Å². The number of nitrogens with two attached hydrogens (primary N) is 1. The molecule has 1 aromatic carbocycles. The van der Waals surface area contributed by atoms with Crippen LogP contribution >= 0.6 is 0 Å². The maximum atomic E-state index is 13.3. The zero-order chi connectivity index (χ0) is 15.6. The molecule has 0 spiro atoms. The number of aliphatic hydroxyl groups excluding tert-OH is 1. The average molecular weight is 314 g/mol. The Hall–Kier alpha value is -1.21. The van der Waals surface area contributed by atoms with E-state index in [0.29, 0.717) is 32.9 Å². The summed E-state index contributed by atoms with van der Waals surface area (Å²) in [6, 6.07) is 6.33. The Morgan fingerprint density at radius 3 is 3.05 bits per heavy atom. The largest absolute Gasteiger partial charge is 0.485 e.